The van der Waals surface area contributed by atoms with E-state index in [1.54, 1.807) is 36.6 Å². The van der Waals surface area contributed by atoms with Gasteiger partial charge in [0.1, 0.15) is 6.61 Å². The SMILES string of the molecule is C=CCc1cc(/C=N\NC(=O)c2ccc(Cl)cc2)cc(OCC)c1OCc1ccccc1Cl. The molecule has 0 atom stereocenters. The highest BCUT2D eigenvalue weighted by atomic mass is 35.5. The molecule has 0 saturated heterocycles. The predicted molar refractivity (Wildman–Crippen MR) is 134 cm³/mol. The topological polar surface area (TPSA) is 59.9 Å². The number of carbonyl (C=O) groups excluding carboxylic acids is 1. The maximum atomic E-state index is 12.2. The van der Waals surface area contributed by atoms with E-state index < -0.39 is 0 Å². The number of nitrogens with one attached hydrogen (secondary N) is 1. The van der Waals surface area contributed by atoms with Crippen LogP contribution in [0.5, 0.6) is 11.5 Å². The Balaban J connectivity index is 1.81. The lowest BCUT2D eigenvalue weighted by molar-refractivity contribution is 0.0955. The van der Waals surface area contributed by atoms with Crippen LogP contribution in [0, 0.1) is 0 Å². The quantitative estimate of drug-likeness (QED) is 0.205. The molecule has 0 unspecified atom stereocenters. The molecule has 5 nitrogen and oxygen atoms in total. The molecule has 170 valence electrons. The first-order valence-electron chi connectivity index (χ1n) is 10.4. The molecule has 0 radical (unpaired) electrons. The molecule has 0 aliphatic carbocycles. The van der Waals surface area contributed by atoms with Gasteiger partial charge in [-0.3, -0.25) is 4.79 Å². The van der Waals surface area contributed by atoms with E-state index in [1.165, 1.54) is 0 Å². The summed E-state index contributed by atoms with van der Waals surface area (Å²) in [5.74, 6) is 0.868. The monoisotopic (exact) mass is 482 g/mol. The second kappa shape index (κ2) is 12.1. The zero-order valence-corrected chi connectivity index (χ0v) is 19.7. The van der Waals surface area contributed by atoms with Gasteiger partial charge >= 0.3 is 0 Å². The number of amides is 1. The van der Waals surface area contributed by atoms with Gasteiger partial charge in [0.2, 0.25) is 0 Å². The zero-order valence-electron chi connectivity index (χ0n) is 18.2. The zero-order chi connectivity index (χ0) is 23.6. The third kappa shape index (κ3) is 6.85. The van der Waals surface area contributed by atoms with E-state index >= 15 is 0 Å². The maximum absolute atomic E-state index is 12.2. The number of rotatable bonds is 10. The first kappa shape index (κ1) is 24.4. The Kier molecular flexibility index (Phi) is 8.93. The van der Waals surface area contributed by atoms with Crippen molar-refractivity contribution in [2.75, 3.05) is 6.61 Å². The molecule has 33 heavy (non-hydrogen) atoms. The summed E-state index contributed by atoms with van der Waals surface area (Å²) in [5.41, 5.74) is 5.48. The first-order chi connectivity index (χ1) is 16.0. The molecule has 0 spiro atoms. The Morgan fingerprint density at radius 3 is 2.52 bits per heavy atom. The molecule has 0 aromatic heterocycles. The van der Waals surface area contributed by atoms with E-state index in [2.05, 4.69) is 17.1 Å². The van der Waals surface area contributed by atoms with Crippen molar-refractivity contribution in [3.05, 3.63) is 106 Å². The maximum Gasteiger partial charge on any atom is 0.271 e. The van der Waals surface area contributed by atoms with Crippen LogP contribution in [0.3, 0.4) is 0 Å². The van der Waals surface area contributed by atoms with E-state index in [0.717, 1.165) is 16.7 Å². The number of hydrogen-bond acceptors (Lipinski definition) is 4. The minimum absolute atomic E-state index is 0.300. The normalized spacial score (nSPS) is 10.8. The first-order valence-corrected chi connectivity index (χ1v) is 11.1. The van der Waals surface area contributed by atoms with Gasteiger partial charge in [0.05, 0.1) is 12.8 Å². The number of nitrogens with zero attached hydrogens (tertiary/aromatic N) is 1. The van der Waals surface area contributed by atoms with Gasteiger partial charge in [-0.2, -0.15) is 5.10 Å². The summed E-state index contributed by atoms with van der Waals surface area (Å²) in [4.78, 5) is 12.2. The summed E-state index contributed by atoms with van der Waals surface area (Å²) in [6.07, 6.45) is 3.91. The summed E-state index contributed by atoms with van der Waals surface area (Å²) >= 11 is 12.1. The minimum atomic E-state index is -0.334. The fourth-order valence-electron chi connectivity index (χ4n) is 3.09. The van der Waals surface area contributed by atoms with Crippen molar-refractivity contribution in [2.24, 2.45) is 5.10 Å². The van der Waals surface area contributed by atoms with Gasteiger partial charge in [-0.05, 0) is 61.4 Å². The average Bonchev–Trinajstić information content (AvgIpc) is 2.80. The second-order valence-corrected chi connectivity index (χ2v) is 7.86. The van der Waals surface area contributed by atoms with Crippen LogP contribution in [-0.2, 0) is 13.0 Å². The molecule has 1 N–H and O–H groups in total. The summed E-state index contributed by atoms with van der Waals surface area (Å²) in [6, 6.07) is 17.8. The van der Waals surface area contributed by atoms with Gasteiger partial charge in [0, 0.05) is 26.7 Å². The number of ether oxygens (including phenoxy) is 2. The Morgan fingerprint density at radius 1 is 1.06 bits per heavy atom. The number of benzene rings is 3. The molecule has 0 aliphatic heterocycles. The molecule has 3 aromatic rings. The van der Waals surface area contributed by atoms with Crippen molar-refractivity contribution in [3.63, 3.8) is 0 Å². The number of halogens is 2. The van der Waals surface area contributed by atoms with E-state index in [-0.39, 0.29) is 5.91 Å². The van der Waals surface area contributed by atoms with Crippen LogP contribution in [0.2, 0.25) is 10.0 Å². The third-order valence-electron chi connectivity index (χ3n) is 4.63. The van der Waals surface area contributed by atoms with Crippen molar-refractivity contribution in [1.82, 2.24) is 5.43 Å². The standard InChI is InChI=1S/C26H24Cl2N2O3/c1-3-7-20-14-18(16-29-30-26(31)19-10-12-22(27)13-11-19)15-24(32-4-2)25(20)33-17-21-8-5-6-9-23(21)28/h3,5-6,8-16H,1,4,7,17H2,2H3,(H,30,31)/b29-16-. The molecular weight excluding hydrogens is 459 g/mol. The van der Waals surface area contributed by atoms with Crippen LogP contribution in [-0.4, -0.2) is 18.7 Å². The molecule has 1 amide bonds. The molecule has 0 fully saturated rings. The van der Waals surface area contributed by atoms with Crippen LogP contribution < -0.4 is 14.9 Å². The van der Waals surface area contributed by atoms with Crippen LogP contribution in [0.4, 0.5) is 0 Å². The average molecular weight is 483 g/mol. The lowest BCUT2D eigenvalue weighted by Gasteiger charge is -2.17. The summed E-state index contributed by atoms with van der Waals surface area (Å²) in [5, 5.41) is 5.28. The molecule has 0 saturated carbocycles. The van der Waals surface area contributed by atoms with Gasteiger partial charge in [0.15, 0.2) is 11.5 Å². The third-order valence-corrected chi connectivity index (χ3v) is 5.25. The number of allylic oxidation sites excluding steroid dienone is 1. The lowest BCUT2D eigenvalue weighted by atomic mass is 10.1. The van der Waals surface area contributed by atoms with Crippen LogP contribution in [0.15, 0.2) is 78.4 Å². The van der Waals surface area contributed by atoms with E-state index in [4.69, 9.17) is 32.7 Å². The summed E-state index contributed by atoms with van der Waals surface area (Å²) in [7, 11) is 0. The van der Waals surface area contributed by atoms with Crippen molar-refractivity contribution in [2.45, 2.75) is 20.0 Å². The summed E-state index contributed by atoms with van der Waals surface area (Å²) in [6.45, 7) is 6.51. The van der Waals surface area contributed by atoms with Crippen molar-refractivity contribution >= 4 is 35.3 Å². The Morgan fingerprint density at radius 2 is 1.82 bits per heavy atom. The second-order valence-electron chi connectivity index (χ2n) is 7.02. The van der Waals surface area contributed by atoms with Crippen molar-refractivity contribution in [3.8, 4) is 11.5 Å². The molecule has 0 aliphatic rings. The molecular formula is C26H24Cl2N2O3. The van der Waals surface area contributed by atoms with Gasteiger partial charge in [-0.1, -0.05) is 47.5 Å². The fourth-order valence-corrected chi connectivity index (χ4v) is 3.40. The Labute approximate surface area is 203 Å². The minimum Gasteiger partial charge on any atom is -0.490 e. The largest absolute Gasteiger partial charge is 0.490 e. The lowest BCUT2D eigenvalue weighted by Crippen LogP contribution is -2.17. The highest BCUT2D eigenvalue weighted by Crippen LogP contribution is 2.34. The number of hydrogen-bond donors (Lipinski definition) is 1. The molecule has 7 heteroatoms. The van der Waals surface area contributed by atoms with Crippen LogP contribution >= 0.6 is 23.2 Å². The van der Waals surface area contributed by atoms with E-state index in [0.29, 0.717) is 46.7 Å². The fraction of sp³-hybridized carbons (Fsp3) is 0.154. The van der Waals surface area contributed by atoms with E-state index in [9.17, 15) is 4.79 Å². The van der Waals surface area contributed by atoms with Crippen molar-refractivity contribution < 1.29 is 14.3 Å². The molecule has 0 bridgehead atoms. The smallest absolute Gasteiger partial charge is 0.271 e. The van der Waals surface area contributed by atoms with Crippen LogP contribution in [0.25, 0.3) is 0 Å². The van der Waals surface area contributed by atoms with Crippen LogP contribution in [0.1, 0.15) is 34.0 Å². The highest BCUT2D eigenvalue weighted by molar-refractivity contribution is 6.31. The Bertz CT molecular complexity index is 1140. The van der Waals surface area contributed by atoms with Crippen molar-refractivity contribution in [1.29, 1.82) is 0 Å². The van der Waals surface area contributed by atoms with Gasteiger partial charge in [-0.25, -0.2) is 5.43 Å². The van der Waals surface area contributed by atoms with Gasteiger partial charge in [-0.15, -0.1) is 6.58 Å². The Hall–Kier alpha value is -3.28. The highest BCUT2D eigenvalue weighted by Gasteiger charge is 2.14. The molecule has 3 rings (SSSR count). The summed E-state index contributed by atoms with van der Waals surface area (Å²) < 4.78 is 12.0. The number of carbonyl (C=O) groups is 1. The van der Waals surface area contributed by atoms with Gasteiger partial charge < -0.3 is 9.47 Å². The predicted octanol–water partition coefficient (Wildman–Crippen LogP) is 6.46. The number of hydrazone groups is 1. The molecule has 0 heterocycles. The van der Waals surface area contributed by atoms with Gasteiger partial charge in [0.25, 0.3) is 5.91 Å². The van der Waals surface area contributed by atoms with E-state index in [1.807, 2.05) is 43.3 Å². The molecule has 3 aromatic carbocycles.